The molecule has 0 aliphatic carbocycles. The molecule has 0 atom stereocenters. The van der Waals surface area contributed by atoms with E-state index in [0.717, 1.165) is 44.2 Å². The second-order valence-corrected chi connectivity index (χ2v) is 7.61. The lowest BCUT2D eigenvalue weighted by Gasteiger charge is -2.31. The molecule has 5 nitrogen and oxygen atoms in total. The predicted octanol–water partition coefficient (Wildman–Crippen LogP) is 3.59. The summed E-state index contributed by atoms with van der Waals surface area (Å²) in [6.45, 7) is 19.5. The van der Waals surface area contributed by atoms with Crippen LogP contribution < -0.4 is 4.74 Å². The fourth-order valence-electron chi connectivity index (χ4n) is 2.76. The maximum Gasteiger partial charge on any atom is 0.257 e. The molecule has 1 aromatic rings. The van der Waals surface area contributed by atoms with E-state index in [1.165, 1.54) is 0 Å². The molecule has 1 aliphatic rings. The standard InChI is InChI=1S/C22H32N2O3/c1-6-24(17-22(4,5)18(2)3)21(25)19-7-9-20(10-8-19)27-16-13-23-11-14-26-15-12-23/h6-10H,1-2,11-17H2,3-5H3. The van der Waals surface area contributed by atoms with Gasteiger partial charge in [0.05, 0.1) is 13.2 Å². The molecule has 0 N–H and O–H groups in total. The number of hydrogen-bond acceptors (Lipinski definition) is 4. The van der Waals surface area contributed by atoms with Gasteiger partial charge in [-0.2, -0.15) is 0 Å². The molecular weight excluding hydrogens is 340 g/mol. The van der Waals surface area contributed by atoms with Gasteiger partial charge < -0.3 is 14.4 Å². The van der Waals surface area contributed by atoms with E-state index in [1.807, 2.05) is 19.1 Å². The van der Waals surface area contributed by atoms with Crippen molar-refractivity contribution in [3.8, 4) is 5.75 Å². The first-order chi connectivity index (χ1) is 12.8. The van der Waals surface area contributed by atoms with E-state index in [2.05, 4.69) is 31.9 Å². The summed E-state index contributed by atoms with van der Waals surface area (Å²) in [5.74, 6) is 0.700. The van der Waals surface area contributed by atoms with Crippen LogP contribution in [0.1, 0.15) is 31.1 Å². The van der Waals surface area contributed by atoms with Gasteiger partial charge in [-0.15, -0.1) is 0 Å². The number of morpholine rings is 1. The zero-order valence-corrected chi connectivity index (χ0v) is 16.9. The topological polar surface area (TPSA) is 42.0 Å². The second-order valence-electron chi connectivity index (χ2n) is 7.61. The van der Waals surface area contributed by atoms with Crippen molar-refractivity contribution in [1.29, 1.82) is 0 Å². The Hall–Kier alpha value is -2.11. The van der Waals surface area contributed by atoms with Gasteiger partial charge in [0, 0.05) is 37.2 Å². The number of benzene rings is 1. The van der Waals surface area contributed by atoms with Gasteiger partial charge in [0.15, 0.2) is 0 Å². The van der Waals surface area contributed by atoms with Crippen LogP contribution in [0.25, 0.3) is 0 Å². The highest BCUT2D eigenvalue weighted by atomic mass is 16.5. The molecule has 1 saturated heterocycles. The Balaban J connectivity index is 1.89. The third-order valence-corrected chi connectivity index (χ3v) is 5.08. The fourth-order valence-corrected chi connectivity index (χ4v) is 2.76. The Bertz CT molecular complexity index is 646. The van der Waals surface area contributed by atoms with Gasteiger partial charge >= 0.3 is 0 Å². The number of ether oxygens (including phenoxy) is 2. The van der Waals surface area contributed by atoms with Crippen LogP contribution in [0.15, 0.2) is 49.2 Å². The average Bonchev–Trinajstić information content (AvgIpc) is 2.67. The van der Waals surface area contributed by atoms with E-state index in [0.29, 0.717) is 18.7 Å². The summed E-state index contributed by atoms with van der Waals surface area (Å²) in [6, 6.07) is 7.29. The number of amides is 1. The molecule has 1 aliphatic heterocycles. The van der Waals surface area contributed by atoms with Gasteiger partial charge in [0.1, 0.15) is 12.4 Å². The van der Waals surface area contributed by atoms with Crippen LogP contribution in [0.2, 0.25) is 0 Å². The lowest BCUT2D eigenvalue weighted by atomic mass is 9.85. The van der Waals surface area contributed by atoms with E-state index in [9.17, 15) is 4.79 Å². The second kappa shape index (κ2) is 9.72. The first-order valence-electron chi connectivity index (χ1n) is 9.46. The Morgan fingerprint density at radius 2 is 1.93 bits per heavy atom. The molecule has 0 spiro atoms. The molecule has 27 heavy (non-hydrogen) atoms. The maximum atomic E-state index is 12.8. The minimum absolute atomic E-state index is 0.0702. The zero-order valence-electron chi connectivity index (χ0n) is 16.9. The summed E-state index contributed by atoms with van der Waals surface area (Å²) in [7, 11) is 0. The number of carbonyl (C=O) groups is 1. The van der Waals surface area contributed by atoms with Crippen LogP contribution in [0.4, 0.5) is 0 Å². The summed E-state index contributed by atoms with van der Waals surface area (Å²) in [5.41, 5.74) is 1.48. The maximum absolute atomic E-state index is 12.8. The monoisotopic (exact) mass is 372 g/mol. The molecule has 1 fully saturated rings. The Labute approximate surface area is 163 Å². The third-order valence-electron chi connectivity index (χ3n) is 5.08. The molecule has 0 saturated carbocycles. The van der Waals surface area contributed by atoms with Crippen molar-refractivity contribution in [2.45, 2.75) is 20.8 Å². The smallest absolute Gasteiger partial charge is 0.257 e. The van der Waals surface area contributed by atoms with Crippen LogP contribution >= 0.6 is 0 Å². The molecule has 0 radical (unpaired) electrons. The molecular formula is C22H32N2O3. The average molecular weight is 373 g/mol. The van der Waals surface area contributed by atoms with Crippen molar-refractivity contribution in [3.63, 3.8) is 0 Å². The fraction of sp³-hybridized carbons (Fsp3) is 0.500. The normalized spacial score (nSPS) is 15.2. The van der Waals surface area contributed by atoms with E-state index in [1.54, 1.807) is 23.2 Å². The van der Waals surface area contributed by atoms with Gasteiger partial charge in [-0.3, -0.25) is 9.69 Å². The highest BCUT2D eigenvalue weighted by Gasteiger charge is 2.25. The quantitative estimate of drug-likeness (QED) is 0.621. The van der Waals surface area contributed by atoms with Crippen LogP contribution in [0, 0.1) is 5.41 Å². The SMILES string of the molecule is C=CN(CC(C)(C)C(=C)C)C(=O)c1ccc(OCCN2CCOCC2)cc1. The van der Waals surface area contributed by atoms with Gasteiger partial charge in [-0.25, -0.2) is 0 Å². The summed E-state index contributed by atoms with van der Waals surface area (Å²) in [4.78, 5) is 16.7. The van der Waals surface area contributed by atoms with Gasteiger partial charge in [-0.05, 0) is 37.4 Å². The van der Waals surface area contributed by atoms with E-state index < -0.39 is 0 Å². The first-order valence-corrected chi connectivity index (χ1v) is 9.46. The first kappa shape index (κ1) is 21.2. The van der Waals surface area contributed by atoms with Crippen molar-refractivity contribution in [2.24, 2.45) is 5.41 Å². The molecule has 5 heteroatoms. The van der Waals surface area contributed by atoms with Crippen molar-refractivity contribution >= 4 is 5.91 Å². The van der Waals surface area contributed by atoms with E-state index in [4.69, 9.17) is 9.47 Å². The minimum atomic E-state index is -0.174. The van der Waals surface area contributed by atoms with Crippen molar-refractivity contribution < 1.29 is 14.3 Å². The lowest BCUT2D eigenvalue weighted by molar-refractivity contribution is 0.0322. The van der Waals surface area contributed by atoms with Crippen LogP contribution in [0.3, 0.4) is 0 Å². The number of hydrogen-bond donors (Lipinski definition) is 0. The molecule has 148 valence electrons. The summed E-state index contributed by atoms with van der Waals surface area (Å²) >= 11 is 0. The van der Waals surface area contributed by atoms with Crippen LogP contribution in [-0.2, 0) is 4.74 Å². The molecule has 0 unspecified atom stereocenters. The van der Waals surface area contributed by atoms with Crippen LogP contribution in [0.5, 0.6) is 5.75 Å². The Morgan fingerprint density at radius 3 is 2.48 bits per heavy atom. The van der Waals surface area contributed by atoms with Gasteiger partial charge in [0.2, 0.25) is 0 Å². The number of nitrogens with zero attached hydrogens (tertiary/aromatic N) is 2. The lowest BCUT2D eigenvalue weighted by Crippen LogP contribution is -2.38. The van der Waals surface area contributed by atoms with Crippen molar-refractivity contribution in [2.75, 3.05) is 46.0 Å². The molecule has 1 aromatic carbocycles. The van der Waals surface area contributed by atoms with E-state index >= 15 is 0 Å². The zero-order chi connectivity index (χ0) is 19.9. The largest absolute Gasteiger partial charge is 0.492 e. The summed E-state index contributed by atoms with van der Waals surface area (Å²) in [5, 5.41) is 0. The number of rotatable bonds is 9. The van der Waals surface area contributed by atoms with Gasteiger partial charge in [0.25, 0.3) is 5.91 Å². The van der Waals surface area contributed by atoms with Gasteiger partial charge in [-0.1, -0.05) is 32.6 Å². The van der Waals surface area contributed by atoms with Crippen molar-refractivity contribution in [3.05, 3.63) is 54.8 Å². The molecule has 0 bridgehead atoms. The summed E-state index contributed by atoms with van der Waals surface area (Å²) in [6.07, 6.45) is 1.58. The minimum Gasteiger partial charge on any atom is -0.492 e. The summed E-state index contributed by atoms with van der Waals surface area (Å²) < 4.78 is 11.1. The third kappa shape index (κ3) is 6.22. The molecule has 0 aromatic heterocycles. The highest BCUT2D eigenvalue weighted by molar-refractivity contribution is 5.95. The Morgan fingerprint density at radius 1 is 1.30 bits per heavy atom. The Kier molecular flexibility index (Phi) is 7.63. The van der Waals surface area contributed by atoms with Crippen molar-refractivity contribution in [1.82, 2.24) is 9.80 Å². The number of carbonyl (C=O) groups excluding carboxylic acids is 1. The highest BCUT2D eigenvalue weighted by Crippen LogP contribution is 2.26. The predicted molar refractivity (Wildman–Crippen MR) is 109 cm³/mol. The molecule has 1 amide bonds. The molecule has 2 rings (SSSR count). The van der Waals surface area contributed by atoms with E-state index in [-0.39, 0.29) is 11.3 Å². The molecule has 1 heterocycles. The van der Waals surface area contributed by atoms with Crippen LogP contribution in [-0.4, -0.2) is 61.7 Å².